The topological polar surface area (TPSA) is 217 Å². The second-order valence-corrected chi connectivity index (χ2v) is 9.03. The first-order chi connectivity index (χ1) is 17.5. The molecule has 0 aromatic rings. The van der Waals surface area contributed by atoms with Crippen LogP contribution in [0.25, 0.3) is 0 Å². The first kappa shape index (κ1) is 32.2. The number of rotatable bonds is 14. The Balaban J connectivity index is 2.96. The van der Waals surface area contributed by atoms with Crippen molar-refractivity contribution in [2.24, 2.45) is 5.73 Å². The molecule has 0 radical (unpaired) electrons. The Kier molecular flexibility index (Phi) is 15.3. The van der Waals surface area contributed by atoms with Crippen LogP contribution >= 0.6 is 0 Å². The van der Waals surface area contributed by atoms with Gasteiger partial charge in [-0.05, 0) is 25.8 Å². The number of carboxylic acid groups (broad SMARTS) is 4. The molecule has 0 spiro atoms. The second kappa shape index (κ2) is 17.6. The summed E-state index contributed by atoms with van der Waals surface area (Å²) in [6, 6.07) is -1.06. The summed E-state index contributed by atoms with van der Waals surface area (Å²) >= 11 is 0. The SMILES string of the molecule is NCCCC[C@H](NC(=O)CN1CCN(CC(=O)O)CCN(CC(=O)O)CCN(CC(=O)O)CC1)C(=O)O. The molecule has 0 aromatic carbocycles. The van der Waals surface area contributed by atoms with E-state index in [-0.39, 0.29) is 85.0 Å². The van der Waals surface area contributed by atoms with Crippen LogP contribution < -0.4 is 11.1 Å². The normalized spacial score (nSPS) is 18.3. The lowest BCUT2D eigenvalue weighted by molar-refractivity contribution is -0.142. The third-order valence-electron chi connectivity index (χ3n) is 5.95. The lowest BCUT2D eigenvalue weighted by Crippen LogP contribution is -2.51. The highest BCUT2D eigenvalue weighted by molar-refractivity contribution is 5.84. The molecule has 1 aliphatic rings. The molecule has 1 heterocycles. The monoisotopic (exact) mass is 532 g/mol. The van der Waals surface area contributed by atoms with Gasteiger partial charge in [0.2, 0.25) is 5.91 Å². The summed E-state index contributed by atoms with van der Waals surface area (Å²) < 4.78 is 0. The van der Waals surface area contributed by atoms with Crippen molar-refractivity contribution in [3.05, 3.63) is 0 Å². The maximum absolute atomic E-state index is 12.7. The van der Waals surface area contributed by atoms with Crippen LogP contribution in [0.5, 0.6) is 0 Å². The molecule has 7 N–H and O–H groups in total. The molecule has 1 fully saturated rings. The molecule has 0 saturated carbocycles. The van der Waals surface area contributed by atoms with Crippen molar-refractivity contribution in [2.45, 2.75) is 25.3 Å². The highest BCUT2D eigenvalue weighted by atomic mass is 16.4. The minimum atomic E-state index is -1.15. The van der Waals surface area contributed by atoms with Gasteiger partial charge in [0.15, 0.2) is 0 Å². The summed E-state index contributed by atoms with van der Waals surface area (Å²) in [5, 5.41) is 39.7. The van der Waals surface area contributed by atoms with Gasteiger partial charge in [0.05, 0.1) is 26.2 Å². The van der Waals surface area contributed by atoms with Gasteiger partial charge in [0.1, 0.15) is 6.04 Å². The molecule has 15 nitrogen and oxygen atoms in total. The Morgan fingerprint density at radius 3 is 1.27 bits per heavy atom. The van der Waals surface area contributed by atoms with Gasteiger partial charge in [-0.3, -0.25) is 38.8 Å². The Bertz CT molecular complexity index is 737. The van der Waals surface area contributed by atoms with Crippen LogP contribution in [0, 0.1) is 0 Å². The van der Waals surface area contributed by atoms with Crippen molar-refractivity contribution in [3.63, 3.8) is 0 Å². The van der Waals surface area contributed by atoms with Crippen LogP contribution in [0.2, 0.25) is 0 Å². The summed E-state index contributed by atoms with van der Waals surface area (Å²) in [6.45, 7) is 1.60. The highest BCUT2D eigenvalue weighted by Crippen LogP contribution is 2.04. The number of nitrogens with zero attached hydrogens (tertiary/aromatic N) is 4. The minimum Gasteiger partial charge on any atom is -0.480 e. The van der Waals surface area contributed by atoms with Gasteiger partial charge in [0.25, 0.3) is 0 Å². The van der Waals surface area contributed by atoms with Crippen molar-refractivity contribution < 1.29 is 44.4 Å². The van der Waals surface area contributed by atoms with E-state index in [1.807, 2.05) is 0 Å². The first-order valence-electron chi connectivity index (χ1n) is 12.3. The Labute approximate surface area is 215 Å². The number of carbonyl (C=O) groups excluding carboxylic acids is 1. The number of aliphatic carboxylic acids is 4. The number of hydrogen-bond donors (Lipinski definition) is 6. The Hall–Kier alpha value is -2.85. The highest BCUT2D eigenvalue weighted by Gasteiger charge is 2.23. The number of nitrogens with one attached hydrogen (secondary N) is 1. The van der Waals surface area contributed by atoms with E-state index in [4.69, 9.17) is 5.73 Å². The van der Waals surface area contributed by atoms with Gasteiger partial charge >= 0.3 is 23.9 Å². The van der Waals surface area contributed by atoms with Crippen LogP contribution in [-0.4, -0.2) is 161 Å². The average molecular weight is 533 g/mol. The number of carboxylic acids is 4. The summed E-state index contributed by atoms with van der Waals surface area (Å²) in [5.41, 5.74) is 5.45. The van der Waals surface area contributed by atoms with Gasteiger partial charge in [0, 0.05) is 52.4 Å². The molecule has 1 atom stereocenters. The molecule has 1 aliphatic heterocycles. The molecule has 1 saturated heterocycles. The molecule has 1 rings (SSSR count). The van der Waals surface area contributed by atoms with Gasteiger partial charge in [-0.1, -0.05) is 0 Å². The average Bonchev–Trinajstić information content (AvgIpc) is 2.79. The van der Waals surface area contributed by atoms with E-state index in [0.717, 1.165) is 0 Å². The Morgan fingerprint density at radius 2 is 0.973 bits per heavy atom. The first-order valence-corrected chi connectivity index (χ1v) is 12.3. The lowest BCUT2D eigenvalue weighted by atomic mass is 10.1. The van der Waals surface area contributed by atoms with Crippen molar-refractivity contribution in [3.8, 4) is 0 Å². The third-order valence-corrected chi connectivity index (χ3v) is 5.95. The molecule has 0 bridgehead atoms. The van der Waals surface area contributed by atoms with Gasteiger partial charge < -0.3 is 31.5 Å². The molecule has 0 aromatic heterocycles. The largest absolute Gasteiger partial charge is 0.480 e. The zero-order valence-electron chi connectivity index (χ0n) is 21.1. The van der Waals surface area contributed by atoms with Crippen LogP contribution in [0.4, 0.5) is 0 Å². The van der Waals surface area contributed by atoms with Gasteiger partial charge in [-0.25, -0.2) is 4.79 Å². The van der Waals surface area contributed by atoms with Crippen LogP contribution in [0.1, 0.15) is 19.3 Å². The molecule has 37 heavy (non-hydrogen) atoms. The number of carbonyl (C=O) groups is 5. The van der Waals surface area contributed by atoms with Crippen LogP contribution in [-0.2, 0) is 24.0 Å². The molecule has 15 heteroatoms. The standard InChI is InChI=1S/C22H40N6O9/c23-4-2-1-3-17(22(36)37)24-18(29)13-25-5-7-26(14-19(30)31)9-11-28(16-21(34)35)12-10-27(8-6-25)15-20(32)33/h17H,1-16,23H2,(H,24,29)(H,30,31)(H,32,33)(H,34,35)(H,36,37)/t17-/m0/s1. The lowest BCUT2D eigenvalue weighted by Gasteiger charge is -2.33. The fraction of sp³-hybridized carbons (Fsp3) is 0.773. The van der Waals surface area contributed by atoms with Crippen molar-refractivity contribution in [1.82, 2.24) is 24.9 Å². The molecule has 212 valence electrons. The van der Waals surface area contributed by atoms with E-state index in [1.165, 1.54) is 0 Å². The summed E-state index contributed by atoms with van der Waals surface area (Å²) in [7, 11) is 0. The van der Waals surface area contributed by atoms with Crippen molar-refractivity contribution >= 4 is 29.8 Å². The number of amides is 1. The molecular weight excluding hydrogens is 492 g/mol. The quantitative estimate of drug-likeness (QED) is 0.124. The fourth-order valence-corrected chi connectivity index (χ4v) is 3.98. The maximum Gasteiger partial charge on any atom is 0.326 e. The van der Waals surface area contributed by atoms with Gasteiger partial charge in [-0.2, -0.15) is 0 Å². The van der Waals surface area contributed by atoms with Crippen LogP contribution in [0.15, 0.2) is 0 Å². The zero-order valence-corrected chi connectivity index (χ0v) is 21.1. The molecule has 0 aliphatic carbocycles. The number of unbranched alkanes of at least 4 members (excludes halogenated alkanes) is 1. The van der Waals surface area contributed by atoms with E-state index in [2.05, 4.69) is 5.32 Å². The van der Waals surface area contributed by atoms with E-state index >= 15 is 0 Å². The number of nitrogens with two attached hydrogens (primary N) is 1. The third kappa shape index (κ3) is 15.1. The van der Waals surface area contributed by atoms with E-state index < -0.39 is 35.8 Å². The van der Waals surface area contributed by atoms with Crippen molar-refractivity contribution in [1.29, 1.82) is 0 Å². The van der Waals surface area contributed by atoms with E-state index in [9.17, 15) is 44.4 Å². The van der Waals surface area contributed by atoms with Crippen molar-refractivity contribution in [2.75, 3.05) is 85.1 Å². The fourth-order valence-electron chi connectivity index (χ4n) is 3.98. The zero-order chi connectivity index (χ0) is 27.8. The molecule has 0 unspecified atom stereocenters. The minimum absolute atomic E-state index is 0.145. The Morgan fingerprint density at radius 1 is 0.622 bits per heavy atom. The summed E-state index contributed by atoms with van der Waals surface area (Å²) in [5.74, 6) is -4.78. The predicted octanol–water partition coefficient (Wildman–Crippen LogP) is -2.84. The summed E-state index contributed by atoms with van der Waals surface area (Å²) in [6.07, 6.45) is 1.42. The smallest absolute Gasteiger partial charge is 0.326 e. The molecule has 1 amide bonds. The molecular formula is C22H40N6O9. The second-order valence-electron chi connectivity index (χ2n) is 9.03. The van der Waals surface area contributed by atoms with Gasteiger partial charge in [-0.15, -0.1) is 0 Å². The predicted molar refractivity (Wildman–Crippen MR) is 131 cm³/mol. The summed E-state index contributed by atoms with van der Waals surface area (Å²) in [4.78, 5) is 64.8. The maximum atomic E-state index is 12.7. The van der Waals surface area contributed by atoms with E-state index in [1.54, 1.807) is 19.6 Å². The van der Waals surface area contributed by atoms with Crippen LogP contribution in [0.3, 0.4) is 0 Å². The number of hydrogen-bond acceptors (Lipinski definition) is 10. The van der Waals surface area contributed by atoms with E-state index in [0.29, 0.717) is 19.4 Å².